The zero-order valence-corrected chi connectivity index (χ0v) is 23.1. The molecule has 0 N–H and O–H groups in total. The summed E-state index contributed by atoms with van der Waals surface area (Å²) >= 11 is 0. The highest BCUT2D eigenvalue weighted by atomic mass is 16.4. The fourth-order valence-electron chi connectivity index (χ4n) is 4.65. The van der Waals surface area contributed by atoms with Gasteiger partial charge in [-0.25, -0.2) is 0 Å². The minimum atomic E-state index is -1.17. The van der Waals surface area contributed by atoms with Crippen LogP contribution in [-0.4, -0.2) is 36.6 Å². The molecule has 0 saturated carbocycles. The van der Waals surface area contributed by atoms with Crippen molar-refractivity contribution in [2.45, 2.75) is 118 Å². The Morgan fingerprint density at radius 2 is 1.15 bits per heavy atom. The summed E-state index contributed by atoms with van der Waals surface area (Å²) in [6, 6.07) is 6.58. The molecule has 0 amide bonds. The van der Waals surface area contributed by atoms with Gasteiger partial charge in [0.1, 0.15) is 0 Å². The number of carbonyl (C=O) groups excluding carboxylic acids is 1. The lowest BCUT2D eigenvalue weighted by atomic mass is 10.0. The topological polar surface area (TPSA) is 40.1 Å². The molecule has 0 radical (unpaired) electrons. The average molecular weight is 474 g/mol. The Balaban J connectivity index is 0.000000818. The molecule has 0 aliphatic heterocycles. The predicted octanol–water partition coefficient (Wildman–Crippen LogP) is 8.04. The first kappa shape index (κ1) is 32.4. The van der Waals surface area contributed by atoms with Gasteiger partial charge in [-0.3, -0.25) is 0 Å². The van der Waals surface area contributed by atoms with Crippen LogP contribution in [0.2, 0.25) is 0 Å². The number of quaternary nitrogens is 1. The minimum Gasteiger partial charge on any atom is -0.545 e. The number of carboxylic acids is 1. The van der Waals surface area contributed by atoms with Gasteiger partial charge in [-0.1, -0.05) is 121 Å². The standard InChI is InChI=1S/C22H48N.C9H8O2/c1-5-9-10-11-12-13-14-15-16-17-18-19-20-21-22-23(6-2,7-3)8-4;1-2-7-5-3-4-6-8(7)9(10)11/h5-22H2,1-4H3;2-6H,1H2,(H,10,11)/q+1;/p-1. The lowest BCUT2D eigenvalue weighted by Crippen LogP contribution is -2.48. The Morgan fingerprint density at radius 3 is 1.50 bits per heavy atom. The van der Waals surface area contributed by atoms with E-state index in [0.717, 1.165) is 0 Å². The van der Waals surface area contributed by atoms with Gasteiger partial charge < -0.3 is 14.4 Å². The molecule has 1 rings (SSSR count). The highest BCUT2D eigenvalue weighted by Gasteiger charge is 2.19. The van der Waals surface area contributed by atoms with Crippen molar-refractivity contribution in [3.8, 4) is 0 Å². The van der Waals surface area contributed by atoms with Gasteiger partial charge in [0.2, 0.25) is 0 Å². The number of aromatic carboxylic acids is 1. The van der Waals surface area contributed by atoms with E-state index in [0.29, 0.717) is 5.56 Å². The Hall–Kier alpha value is -1.61. The molecule has 0 bridgehead atoms. The monoisotopic (exact) mass is 473 g/mol. The first-order chi connectivity index (χ1) is 16.5. The van der Waals surface area contributed by atoms with Crippen molar-refractivity contribution >= 4 is 12.0 Å². The summed E-state index contributed by atoms with van der Waals surface area (Å²) in [7, 11) is 0. The van der Waals surface area contributed by atoms with E-state index in [1.807, 2.05) is 0 Å². The molecule has 3 heteroatoms. The van der Waals surface area contributed by atoms with Crippen LogP contribution in [-0.2, 0) is 0 Å². The summed E-state index contributed by atoms with van der Waals surface area (Å²) in [4.78, 5) is 10.4. The first-order valence-electron chi connectivity index (χ1n) is 14.3. The summed E-state index contributed by atoms with van der Waals surface area (Å²) in [5, 5.41) is 10.4. The van der Waals surface area contributed by atoms with Gasteiger partial charge in [-0.2, -0.15) is 0 Å². The number of rotatable bonds is 20. The molecule has 0 aliphatic carbocycles. The molecule has 34 heavy (non-hydrogen) atoms. The Labute approximate surface area is 212 Å². The number of carbonyl (C=O) groups is 1. The fraction of sp³-hybridized carbons (Fsp3) is 0.710. The summed E-state index contributed by atoms with van der Waals surface area (Å²) in [6.45, 7) is 18.2. The summed E-state index contributed by atoms with van der Waals surface area (Å²) in [5.41, 5.74) is 0.773. The lowest BCUT2D eigenvalue weighted by Gasteiger charge is -2.35. The molecule has 0 spiro atoms. The molecule has 0 aliphatic rings. The molecule has 1 aromatic rings. The number of benzene rings is 1. The van der Waals surface area contributed by atoms with Crippen molar-refractivity contribution in [3.05, 3.63) is 42.0 Å². The molecule has 3 nitrogen and oxygen atoms in total. The minimum absolute atomic E-state index is 0.183. The summed E-state index contributed by atoms with van der Waals surface area (Å²) in [5.74, 6) is -1.17. The van der Waals surface area contributed by atoms with Crippen LogP contribution in [0.4, 0.5) is 0 Å². The van der Waals surface area contributed by atoms with Crippen LogP contribution in [0.5, 0.6) is 0 Å². The molecule has 0 aromatic heterocycles. The first-order valence-corrected chi connectivity index (χ1v) is 14.3. The normalized spacial score (nSPS) is 11.1. The van der Waals surface area contributed by atoms with Crippen molar-refractivity contribution in [3.63, 3.8) is 0 Å². The van der Waals surface area contributed by atoms with Gasteiger partial charge in [0.05, 0.1) is 32.1 Å². The van der Waals surface area contributed by atoms with E-state index in [2.05, 4.69) is 34.3 Å². The third kappa shape index (κ3) is 15.3. The van der Waals surface area contributed by atoms with E-state index in [4.69, 9.17) is 0 Å². The van der Waals surface area contributed by atoms with E-state index >= 15 is 0 Å². The maximum atomic E-state index is 10.4. The number of carboxylic acid groups (broad SMARTS) is 1. The molecule has 196 valence electrons. The smallest absolute Gasteiger partial charge is 0.0786 e. The molecule has 0 fully saturated rings. The molecular weight excluding hydrogens is 418 g/mol. The number of nitrogens with zero attached hydrogens (tertiary/aromatic N) is 1. The molecule has 1 aromatic carbocycles. The molecule has 0 unspecified atom stereocenters. The zero-order chi connectivity index (χ0) is 25.5. The maximum absolute atomic E-state index is 10.4. The van der Waals surface area contributed by atoms with Gasteiger partial charge >= 0.3 is 0 Å². The van der Waals surface area contributed by atoms with Crippen molar-refractivity contribution in [2.75, 3.05) is 26.2 Å². The molecule has 0 heterocycles. The van der Waals surface area contributed by atoms with Crippen molar-refractivity contribution in [1.82, 2.24) is 0 Å². The average Bonchev–Trinajstić information content (AvgIpc) is 2.87. The maximum Gasteiger partial charge on any atom is 0.0786 e. The van der Waals surface area contributed by atoms with Gasteiger partial charge in [0.25, 0.3) is 0 Å². The number of hydrogen-bond donors (Lipinski definition) is 0. The van der Waals surface area contributed by atoms with Crippen LogP contribution in [0, 0.1) is 0 Å². The number of unbranched alkanes of at least 4 members (excludes halogenated alkanes) is 13. The summed E-state index contributed by atoms with van der Waals surface area (Å²) < 4.78 is 1.33. The van der Waals surface area contributed by atoms with Crippen LogP contribution >= 0.6 is 0 Å². The Kier molecular flexibility index (Phi) is 20.9. The van der Waals surface area contributed by atoms with Gasteiger partial charge in [0.15, 0.2) is 0 Å². The van der Waals surface area contributed by atoms with Crippen molar-refractivity contribution in [2.24, 2.45) is 0 Å². The van der Waals surface area contributed by atoms with Crippen LogP contribution in [0.15, 0.2) is 30.8 Å². The second kappa shape index (κ2) is 21.9. The molecule has 0 atom stereocenters. The highest BCUT2D eigenvalue weighted by Crippen LogP contribution is 2.14. The van der Waals surface area contributed by atoms with E-state index in [-0.39, 0.29) is 5.56 Å². The second-order valence-corrected chi connectivity index (χ2v) is 9.69. The SMILES string of the molecule is C=Cc1ccccc1C(=O)[O-].CCCCCCCCCCCCCCCC[N+](CC)(CC)CC. The van der Waals surface area contributed by atoms with E-state index in [1.165, 1.54) is 133 Å². The quantitative estimate of drug-likeness (QED) is 0.142. The zero-order valence-electron chi connectivity index (χ0n) is 23.1. The largest absolute Gasteiger partial charge is 0.545 e. The van der Waals surface area contributed by atoms with Gasteiger partial charge in [-0.05, 0) is 39.2 Å². The Morgan fingerprint density at radius 1 is 0.735 bits per heavy atom. The molecule has 0 saturated heterocycles. The van der Waals surface area contributed by atoms with Crippen molar-refractivity contribution in [1.29, 1.82) is 0 Å². The summed E-state index contributed by atoms with van der Waals surface area (Å²) in [6.07, 6.45) is 22.0. The van der Waals surface area contributed by atoms with Crippen LogP contribution < -0.4 is 5.11 Å². The third-order valence-electron chi connectivity index (χ3n) is 7.40. The van der Waals surface area contributed by atoms with E-state index in [1.54, 1.807) is 18.2 Å². The predicted molar refractivity (Wildman–Crippen MR) is 148 cm³/mol. The lowest BCUT2D eigenvalue weighted by molar-refractivity contribution is -0.923. The number of hydrogen-bond acceptors (Lipinski definition) is 2. The van der Waals surface area contributed by atoms with Gasteiger partial charge in [-0.15, -0.1) is 0 Å². The Bertz CT molecular complexity index is 613. The van der Waals surface area contributed by atoms with Gasteiger partial charge in [0, 0.05) is 5.56 Å². The third-order valence-corrected chi connectivity index (χ3v) is 7.40. The molecular formula is C31H55NO2. The fourth-order valence-corrected chi connectivity index (χ4v) is 4.65. The highest BCUT2D eigenvalue weighted by molar-refractivity contribution is 5.90. The van der Waals surface area contributed by atoms with Crippen molar-refractivity contribution < 1.29 is 14.4 Å². The second-order valence-electron chi connectivity index (χ2n) is 9.69. The van der Waals surface area contributed by atoms with Crippen LogP contribution in [0.25, 0.3) is 6.08 Å². The van der Waals surface area contributed by atoms with Crippen LogP contribution in [0.3, 0.4) is 0 Å². The van der Waals surface area contributed by atoms with E-state index in [9.17, 15) is 9.90 Å². The van der Waals surface area contributed by atoms with Crippen LogP contribution in [0.1, 0.15) is 134 Å². The van der Waals surface area contributed by atoms with E-state index < -0.39 is 5.97 Å².